The van der Waals surface area contributed by atoms with E-state index < -0.39 is 8.80 Å². The number of phenolic OH excluding ortho intramolecular Hbond substituents is 1. The lowest BCUT2D eigenvalue weighted by Gasteiger charge is -2.24. The second-order valence-corrected chi connectivity index (χ2v) is 6.58. The molecule has 0 aliphatic rings. The molecule has 16 heavy (non-hydrogen) atoms. The van der Waals surface area contributed by atoms with Crippen molar-refractivity contribution in [3.8, 4) is 5.75 Å². The fraction of sp³-hybridized carbons (Fsp3) is 0.455. The molecule has 0 heterocycles. The van der Waals surface area contributed by atoms with Crippen LogP contribution in [0, 0.1) is 0 Å². The first-order valence-corrected chi connectivity index (χ1v) is 7.11. The van der Waals surface area contributed by atoms with E-state index in [0.29, 0.717) is 6.61 Å². The van der Waals surface area contributed by atoms with Crippen molar-refractivity contribution in [3.05, 3.63) is 29.8 Å². The van der Waals surface area contributed by atoms with Gasteiger partial charge in [-0.15, -0.1) is 0 Å². The van der Waals surface area contributed by atoms with E-state index in [1.54, 1.807) is 26.4 Å². The van der Waals surface area contributed by atoms with Gasteiger partial charge in [-0.3, -0.25) is 0 Å². The van der Waals surface area contributed by atoms with Crippen molar-refractivity contribution in [1.29, 1.82) is 0 Å². The smallest absolute Gasteiger partial charge is 0.500 e. The average molecular weight is 242 g/mol. The molecule has 1 N–H and O–H groups in total. The van der Waals surface area contributed by atoms with E-state index in [4.69, 9.17) is 18.4 Å². The topological polar surface area (TPSA) is 47.9 Å². The number of hydrogen-bond donors (Lipinski definition) is 1. The first-order chi connectivity index (χ1) is 7.65. The van der Waals surface area contributed by atoms with E-state index in [-0.39, 0.29) is 5.75 Å². The van der Waals surface area contributed by atoms with Crippen LogP contribution in [0.3, 0.4) is 0 Å². The predicted molar refractivity (Wildman–Crippen MR) is 63.1 cm³/mol. The molecule has 0 saturated heterocycles. The molecule has 0 amide bonds. The van der Waals surface area contributed by atoms with E-state index in [0.717, 1.165) is 11.6 Å². The number of benzene rings is 1. The summed E-state index contributed by atoms with van der Waals surface area (Å²) in [6.45, 7) is 2.41. The SMILES string of the molecule is CC[Si](OC)(OC)OCc1ccc(O)cc1. The summed E-state index contributed by atoms with van der Waals surface area (Å²) in [7, 11) is 0.738. The van der Waals surface area contributed by atoms with Gasteiger partial charge >= 0.3 is 8.80 Å². The molecule has 90 valence electrons. The molecule has 4 nitrogen and oxygen atoms in total. The summed E-state index contributed by atoms with van der Waals surface area (Å²) in [6.07, 6.45) is 0. The standard InChI is InChI=1S/C11H18O4Si/c1-4-16(13-2,14-3)15-9-10-5-7-11(12)8-6-10/h5-8,12H,4,9H2,1-3H3. The molecule has 1 aromatic carbocycles. The normalized spacial score (nSPS) is 11.7. The van der Waals surface area contributed by atoms with Crippen LogP contribution < -0.4 is 0 Å². The summed E-state index contributed by atoms with van der Waals surface area (Å²) < 4.78 is 16.4. The van der Waals surface area contributed by atoms with Gasteiger partial charge in [0.05, 0.1) is 6.61 Å². The largest absolute Gasteiger partial charge is 0.508 e. The number of phenols is 1. The van der Waals surface area contributed by atoms with Crippen LogP contribution in [-0.2, 0) is 19.9 Å². The summed E-state index contributed by atoms with van der Waals surface area (Å²) in [5, 5.41) is 9.14. The Bertz CT molecular complexity index is 300. The highest BCUT2D eigenvalue weighted by atomic mass is 28.4. The maximum Gasteiger partial charge on any atom is 0.500 e. The molecule has 1 aromatic rings. The van der Waals surface area contributed by atoms with E-state index in [1.807, 2.05) is 19.1 Å². The first-order valence-electron chi connectivity index (χ1n) is 5.18. The lowest BCUT2D eigenvalue weighted by molar-refractivity contribution is 0.0926. The molecule has 0 aromatic heterocycles. The zero-order chi connectivity index (χ0) is 12.0. The van der Waals surface area contributed by atoms with Crippen LogP contribution in [0.15, 0.2) is 24.3 Å². The number of aromatic hydroxyl groups is 1. The zero-order valence-corrected chi connectivity index (χ0v) is 10.9. The highest BCUT2D eigenvalue weighted by Crippen LogP contribution is 2.17. The van der Waals surface area contributed by atoms with Crippen LogP contribution in [0.25, 0.3) is 0 Å². The maximum absolute atomic E-state index is 9.14. The molecule has 0 radical (unpaired) electrons. The Morgan fingerprint density at radius 2 is 1.69 bits per heavy atom. The molecule has 0 atom stereocenters. The molecule has 0 unspecified atom stereocenters. The minimum absolute atomic E-state index is 0.251. The quantitative estimate of drug-likeness (QED) is 0.777. The van der Waals surface area contributed by atoms with Crippen molar-refractivity contribution >= 4 is 8.80 Å². The third-order valence-corrected chi connectivity index (χ3v) is 5.14. The summed E-state index contributed by atoms with van der Waals surface area (Å²) >= 11 is 0. The van der Waals surface area contributed by atoms with E-state index in [9.17, 15) is 0 Å². The van der Waals surface area contributed by atoms with Crippen LogP contribution in [0.4, 0.5) is 0 Å². The Morgan fingerprint density at radius 1 is 1.12 bits per heavy atom. The Balaban J connectivity index is 2.58. The van der Waals surface area contributed by atoms with Crippen LogP contribution >= 0.6 is 0 Å². The summed E-state index contributed by atoms with van der Waals surface area (Å²) in [6, 6.07) is 7.63. The Labute approximate surface area is 97.1 Å². The average Bonchev–Trinajstić information content (AvgIpc) is 2.34. The molecule has 0 aliphatic carbocycles. The van der Waals surface area contributed by atoms with Crippen molar-refractivity contribution in [2.45, 2.75) is 19.6 Å². The molecule has 0 saturated carbocycles. The van der Waals surface area contributed by atoms with Crippen molar-refractivity contribution < 1.29 is 18.4 Å². The minimum Gasteiger partial charge on any atom is -0.508 e. The molecule has 0 aliphatic heterocycles. The van der Waals surface area contributed by atoms with E-state index in [1.165, 1.54) is 0 Å². The summed E-state index contributed by atoms with van der Waals surface area (Å²) in [5.74, 6) is 0.251. The monoisotopic (exact) mass is 242 g/mol. The number of hydrogen-bond acceptors (Lipinski definition) is 4. The molecule has 1 rings (SSSR count). The van der Waals surface area contributed by atoms with Crippen molar-refractivity contribution in [1.82, 2.24) is 0 Å². The van der Waals surface area contributed by atoms with Crippen molar-refractivity contribution in [2.24, 2.45) is 0 Å². The predicted octanol–water partition coefficient (Wildman–Crippen LogP) is 2.16. The van der Waals surface area contributed by atoms with Gasteiger partial charge in [0.15, 0.2) is 0 Å². The second-order valence-electron chi connectivity index (χ2n) is 3.40. The first kappa shape index (κ1) is 13.2. The Kier molecular flexibility index (Phi) is 4.95. The highest BCUT2D eigenvalue weighted by molar-refractivity contribution is 6.60. The summed E-state index contributed by atoms with van der Waals surface area (Å²) in [5.41, 5.74) is 0.984. The van der Waals surface area contributed by atoms with Gasteiger partial charge in [0.25, 0.3) is 0 Å². The van der Waals surface area contributed by atoms with Gasteiger partial charge in [-0.25, -0.2) is 0 Å². The highest BCUT2D eigenvalue weighted by Gasteiger charge is 2.36. The third kappa shape index (κ3) is 3.31. The van der Waals surface area contributed by atoms with Crippen molar-refractivity contribution in [3.63, 3.8) is 0 Å². The van der Waals surface area contributed by atoms with Crippen molar-refractivity contribution in [2.75, 3.05) is 14.2 Å². The van der Waals surface area contributed by atoms with Crippen LogP contribution in [-0.4, -0.2) is 28.1 Å². The van der Waals surface area contributed by atoms with Crippen LogP contribution in [0.2, 0.25) is 6.04 Å². The van der Waals surface area contributed by atoms with Gasteiger partial charge in [-0.1, -0.05) is 19.1 Å². The van der Waals surface area contributed by atoms with E-state index in [2.05, 4.69) is 0 Å². The molecular weight excluding hydrogens is 224 g/mol. The fourth-order valence-corrected chi connectivity index (χ4v) is 2.95. The molecule has 0 spiro atoms. The second kappa shape index (κ2) is 6.00. The third-order valence-electron chi connectivity index (χ3n) is 2.45. The fourth-order valence-electron chi connectivity index (χ4n) is 1.38. The number of rotatable bonds is 6. The minimum atomic E-state index is -2.48. The maximum atomic E-state index is 9.14. The Hall–Kier alpha value is -0.883. The van der Waals surface area contributed by atoms with Gasteiger partial charge in [-0.2, -0.15) is 0 Å². The molecular formula is C11H18O4Si. The zero-order valence-electron chi connectivity index (χ0n) is 9.90. The lowest BCUT2D eigenvalue weighted by atomic mass is 10.2. The lowest BCUT2D eigenvalue weighted by Crippen LogP contribution is -2.42. The molecule has 0 fully saturated rings. The van der Waals surface area contributed by atoms with Crippen LogP contribution in [0.5, 0.6) is 5.75 Å². The van der Waals surface area contributed by atoms with Gasteiger partial charge in [0.1, 0.15) is 5.75 Å². The Morgan fingerprint density at radius 3 is 2.12 bits per heavy atom. The molecule has 0 bridgehead atoms. The van der Waals surface area contributed by atoms with Gasteiger partial charge < -0.3 is 18.4 Å². The molecule has 5 heteroatoms. The van der Waals surface area contributed by atoms with Gasteiger partial charge in [0, 0.05) is 20.3 Å². The van der Waals surface area contributed by atoms with Gasteiger partial charge in [0.2, 0.25) is 0 Å². The summed E-state index contributed by atoms with van der Waals surface area (Å²) in [4.78, 5) is 0. The van der Waals surface area contributed by atoms with Crippen LogP contribution in [0.1, 0.15) is 12.5 Å². The van der Waals surface area contributed by atoms with Gasteiger partial charge in [-0.05, 0) is 17.7 Å². The van der Waals surface area contributed by atoms with E-state index >= 15 is 0 Å².